The van der Waals surface area contributed by atoms with Crippen LogP contribution in [-0.2, 0) is 17.6 Å². The van der Waals surface area contributed by atoms with Crippen molar-refractivity contribution in [3.8, 4) is 11.4 Å². The minimum atomic E-state index is 0.0119. The van der Waals surface area contributed by atoms with E-state index < -0.39 is 0 Å². The van der Waals surface area contributed by atoms with Gasteiger partial charge in [0.25, 0.3) is 0 Å². The Morgan fingerprint density at radius 2 is 1.77 bits per heavy atom. The van der Waals surface area contributed by atoms with Crippen molar-refractivity contribution in [1.29, 1.82) is 0 Å². The van der Waals surface area contributed by atoms with Gasteiger partial charge in [0.1, 0.15) is 5.82 Å². The average Bonchev–Trinajstić information content (AvgIpc) is 3.32. The van der Waals surface area contributed by atoms with Gasteiger partial charge in [-0.05, 0) is 51.4 Å². The molecule has 2 saturated heterocycles. The molecule has 6 heteroatoms. The number of amides is 1. The van der Waals surface area contributed by atoms with E-state index in [0.29, 0.717) is 0 Å². The van der Waals surface area contributed by atoms with Crippen LogP contribution in [0.4, 0.5) is 5.82 Å². The topological polar surface area (TPSA) is 69.6 Å². The second kappa shape index (κ2) is 8.95. The summed E-state index contributed by atoms with van der Waals surface area (Å²) in [4.78, 5) is 27.4. The van der Waals surface area contributed by atoms with Crippen LogP contribution in [-0.4, -0.2) is 58.2 Å². The van der Waals surface area contributed by atoms with Crippen LogP contribution < -0.4 is 4.90 Å². The molecule has 1 N–H and O–H groups in total. The van der Waals surface area contributed by atoms with Crippen LogP contribution in [0.1, 0.15) is 49.8 Å². The van der Waals surface area contributed by atoms with Gasteiger partial charge in [-0.25, -0.2) is 9.97 Å². The number of aromatic nitrogens is 2. The van der Waals surface area contributed by atoms with E-state index in [4.69, 9.17) is 9.97 Å². The maximum Gasteiger partial charge on any atom is 0.226 e. The summed E-state index contributed by atoms with van der Waals surface area (Å²) in [6.07, 6.45) is 8.01. The monoisotopic (exact) mass is 420 g/mol. The van der Waals surface area contributed by atoms with Crippen molar-refractivity contribution in [2.24, 2.45) is 5.92 Å². The first-order valence-corrected chi connectivity index (χ1v) is 11.9. The van der Waals surface area contributed by atoms with Crippen LogP contribution in [0.25, 0.3) is 11.4 Å². The Morgan fingerprint density at radius 3 is 2.55 bits per heavy atom. The number of hydrogen-bond acceptors (Lipinski definition) is 5. The van der Waals surface area contributed by atoms with Crippen LogP contribution >= 0.6 is 0 Å². The van der Waals surface area contributed by atoms with E-state index in [1.807, 2.05) is 23.1 Å². The number of nitrogens with zero attached hydrogens (tertiary/aromatic N) is 4. The molecular weight excluding hydrogens is 388 g/mol. The summed E-state index contributed by atoms with van der Waals surface area (Å²) < 4.78 is 0. The molecule has 3 heterocycles. The number of aliphatic hydroxyl groups is 1. The van der Waals surface area contributed by atoms with Crippen molar-refractivity contribution in [2.45, 2.75) is 57.4 Å². The van der Waals surface area contributed by atoms with E-state index in [2.05, 4.69) is 17.0 Å². The minimum Gasteiger partial charge on any atom is -0.394 e. The highest BCUT2D eigenvalue weighted by molar-refractivity contribution is 5.79. The largest absolute Gasteiger partial charge is 0.394 e. The third kappa shape index (κ3) is 4.05. The number of carbonyl (C=O) groups excluding carboxylic acids is 1. The number of piperidine rings is 2. The molecule has 1 atom stereocenters. The Balaban J connectivity index is 1.33. The Hall–Kier alpha value is -2.47. The second-order valence-corrected chi connectivity index (χ2v) is 9.14. The first kappa shape index (κ1) is 20.4. The molecule has 0 bridgehead atoms. The van der Waals surface area contributed by atoms with Gasteiger partial charge in [-0.3, -0.25) is 4.79 Å². The summed E-state index contributed by atoms with van der Waals surface area (Å²) >= 11 is 0. The standard InChI is InChI=1S/C25H32N4O2/c30-17-20-9-4-5-14-29(20)25(31)19-12-15-28(16-13-19)24-21-10-6-11-22(21)26-23(27-24)18-7-2-1-3-8-18/h1-3,7-8,19-20,30H,4-6,9-17H2/t20-/m0/s1. The fraction of sp³-hybridized carbons (Fsp3) is 0.560. The van der Waals surface area contributed by atoms with Gasteiger partial charge in [0.05, 0.1) is 12.6 Å². The number of aliphatic hydroxyl groups excluding tert-OH is 1. The Bertz CT molecular complexity index is 925. The molecular formula is C25H32N4O2. The fourth-order valence-electron chi connectivity index (χ4n) is 5.44. The molecule has 164 valence electrons. The predicted molar refractivity (Wildman–Crippen MR) is 121 cm³/mol. The molecule has 1 aromatic carbocycles. The molecule has 1 aromatic heterocycles. The average molecular weight is 421 g/mol. The first-order valence-electron chi connectivity index (χ1n) is 11.9. The quantitative estimate of drug-likeness (QED) is 0.823. The van der Waals surface area contributed by atoms with Gasteiger partial charge in [0, 0.05) is 42.4 Å². The summed E-state index contributed by atoms with van der Waals surface area (Å²) in [5.74, 6) is 2.20. The molecule has 3 aliphatic rings. The molecule has 0 radical (unpaired) electrons. The van der Waals surface area contributed by atoms with Gasteiger partial charge in [-0.2, -0.15) is 0 Å². The molecule has 2 aromatic rings. The highest BCUT2D eigenvalue weighted by Crippen LogP contribution is 2.34. The van der Waals surface area contributed by atoms with Gasteiger partial charge in [0.2, 0.25) is 5.91 Å². The number of anilines is 1. The number of aryl methyl sites for hydroxylation is 1. The van der Waals surface area contributed by atoms with Gasteiger partial charge in [-0.1, -0.05) is 30.3 Å². The highest BCUT2D eigenvalue weighted by atomic mass is 16.3. The second-order valence-electron chi connectivity index (χ2n) is 9.14. The van der Waals surface area contributed by atoms with E-state index in [1.165, 1.54) is 11.3 Å². The van der Waals surface area contributed by atoms with Gasteiger partial charge >= 0.3 is 0 Å². The van der Waals surface area contributed by atoms with Crippen LogP contribution in [0.5, 0.6) is 0 Å². The van der Waals surface area contributed by atoms with E-state index in [9.17, 15) is 9.90 Å². The van der Waals surface area contributed by atoms with Crippen LogP contribution in [0.2, 0.25) is 0 Å². The highest BCUT2D eigenvalue weighted by Gasteiger charge is 2.34. The summed E-state index contributed by atoms with van der Waals surface area (Å²) in [6.45, 7) is 2.58. The van der Waals surface area contributed by atoms with Crippen molar-refractivity contribution in [3.63, 3.8) is 0 Å². The van der Waals surface area contributed by atoms with E-state index in [1.54, 1.807) is 0 Å². The summed E-state index contributed by atoms with van der Waals surface area (Å²) in [5.41, 5.74) is 3.56. The lowest BCUT2D eigenvalue weighted by Gasteiger charge is -2.39. The lowest BCUT2D eigenvalue weighted by Crippen LogP contribution is -2.50. The Morgan fingerprint density at radius 1 is 0.968 bits per heavy atom. The zero-order chi connectivity index (χ0) is 21.2. The van der Waals surface area contributed by atoms with E-state index >= 15 is 0 Å². The fourth-order valence-corrected chi connectivity index (χ4v) is 5.44. The van der Waals surface area contributed by atoms with Gasteiger partial charge in [-0.15, -0.1) is 0 Å². The normalized spacial score (nSPS) is 21.9. The molecule has 2 fully saturated rings. The minimum absolute atomic E-state index is 0.0119. The molecule has 0 saturated carbocycles. The maximum absolute atomic E-state index is 13.2. The van der Waals surface area contributed by atoms with Crippen molar-refractivity contribution in [2.75, 3.05) is 31.1 Å². The van der Waals surface area contributed by atoms with Crippen molar-refractivity contribution in [3.05, 3.63) is 41.6 Å². The lowest BCUT2D eigenvalue weighted by atomic mass is 9.92. The zero-order valence-electron chi connectivity index (χ0n) is 18.2. The molecule has 1 amide bonds. The molecule has 6 nitrogen and oxygen atoms in total. The molecule has 0 spiro atoms. The van der Waals surface area contributed by atoms with Crippen LogP contribution in [0.3, 0.4) is 0 Å². The summed E-state index contributed by atoms with van der Waals surface area (Å²) in [5, 5.41) is 9.69. The van der Waals surface area contributed by atoms with Crippen molar-refractivity contribution < 1.29 is 9.90 Å². The van der Waals surface area contributed by atoms with Crippen LogP contribution in [0, 0.1) is 5.92 Å². The predicted octanol–water partition coefficient (Wildman–Crippen LogP) is 3.22. The SMILES string of the molecule is O=C(C1CCN(c2nc(-c3ccccc3)nc3c2CCC3)CC1)N1CCCC[C@H]1CO. The molecule has 31 heavy (non-hydrogen) atoms. The Labute approximate surface area is 184 Å². The van der Waals surface area contributed by atoms with E-state index in [0.717, 1.165) is 88.2 Å². The first-order chi connectivity index (χ1) is 15.2. The molecule has 2 aliphatic heterocycles. The number of carbonyl (C=O) groups is 1. The number of rotatable bonds is 4. The van der Waals surface area contributed by atoms with Gasteiger partial charge < -0.3 is 14.9 Å². The molecule has 0 unspecified atom stereocenters. The van der Waals surface area contributed by atoms with E-state index in [-0.39, 0.29) is 24.5 Å². The number of likely N-dealkylation sites (tertiary alicyclic amines) is 1. The Kier molecular flexibility index (Phi) is 5.90. The lowest BCUT2D eigenvalue weighted by molar-refractivity contribution is -0.141. The van der Waals surface area contributed by atoms with Crippen LogP contribution in [0.15, 0.2) is 30.3 Å². The zero-order valence-corrected chi connectivity index (χ0v) is 18.2. The molecule has 1 aliphatic carbocycles. The number of benzene rings is 1. The third-order valence-electron chi connectivity index (χ3n) is 7.21. The molecule has 5 rings (SSSR count). The van der Waals surface area contributed by atoms with Crippen molar-refractivity contribution >= 4 is 11.7 Å². The smallest absolute Gasteiger partial charge is 0.226 e. The third-order valence-corrected chi connectivity index (χ3v) is 7.21. The van der Waals surface area contributed by atoms with Crippen molar-refractivity contribution in [1.82, 2.24) is 14.9 Å². The summed E-state index contributed by atoms with van der Waals surface area (Å²) in [6, 6.07) is 10.2. The number of hydrogen-bond donors (Lipinski definition) is 1. The maximum atomic E-state index is 13.2. The number of fused-ring (bicyclic) bond motifs is 1. The summed E-state index contributed by atoms with van der Waals surface area (Å²) in [7, 11) is 0. The van der Waals surface area contributed by atoms with Gasteiger partial charge in [0.15, 0.2) is 5.82 Å².